The lowest BCUT2D eigenvalue weighted by molar-refractivity contribution is 0.0973. The van der Waals surface area contributed by atoms with Crippen LogP contribution in [0.4, 0.5) is 11.6 Å². The number of rotatable bonds is 4. The first-order chi connectivity index (χ1) is 9.28. The van der Waals surface area contributed by atoms with Gasteiger partial charge in [-0.25, -0.2) is 9.97 Å². The Hall–Kier alpha value is -0.880. The van der Waals surface area contributed by atoms with Gasteiger partial charge in [-0.05, 0) is 54.7 Å². The largest absolute Gasteiger partial charge is 0.369 e. The van der Waals surface area contributed by atoms with Crippen molar-refractivity contribution in [2.45, 2.75) is 25.8 Å². The number of anilines is 2. The Labute approximate surface area is 122 Å². The molecule has 3 aliphatic heterocycles. The van der Waals surface area contributed by atoms with Crippen LogP contribution >= 0.6 is 15.9 Å². The third-order valence-corrected chi connectivity index (χ3v) is 4.86. The van der Waals surface area contributed by atoms with Crippen molar-refractivity contribution in [3.63, 3.8) is 0 Å². The number of aromatic nitrogens is 2. The molecule has 6 heteroatoms. The van der Waals surface area contributed by atoms with E-state index in [1.807, 2.05) is 0 Å². The van der Waals surface area contributed by atoms with Gasteiger partial charge in [0, 0.05) is 19.1 Å². The van der Waals surface area contributed by atoms with Gasteiger partial charge in [-0.2, -0.15) is 0 Å². The molecule has 3 saturated heterocycles. The minimum Gasteiger partial charge on any atom is -0.369 e. The highest BCUT2D eigenvalue weighted by molar-refractivity contribution is 9.10. The van der Waals surface area contributed by atoms with Crippen LogP contribution in [-0.4, -0.2) is 47.1 Å². The van der Waals surface area contributed by atoms with Crippen LogP contribution in [0.5, 0.6) is 0 Å². The maximum atomic E-state index is 4.37. The summed E-state index contributed by atoms with van der Waals surface area (Å²) in [5, 5.41) is 6.84. The van der Waals surface area contributed by atoms with E-state index in [2.05, 4.69) is 48.4 Å². The van der Waals surface area contributed by atoms with E-state index >= 15 is 0 Å². The van der Waals surface area contributed by atoms with Gasteiger partial charge in [-0.3, -0.25) is 0 Å². The molecule has 4 heterocycles. The fraction of sp³-hybridized carbons (Fsp3) is 0.692. The van der Waals surface area contributed by atoms with Crippen molar-refractivity contribution in [2.24, 2.45) is 5.92 Å². The van der Waals surface area contributed by atoms with Gasteiger partial charge in [0.1, 0.15) is 22.4 Å². The molecule has 19 heavy (non-hydrogen) atoms. The van der Waals surface area contributed by atoms with Crippen molar-refractivity contribution in [3.05, 3.63) is 10.8 Å². The monoisotopic (exact) mass is 325 g/mol. The molecule has 1 atom stereocenters. The summed E-state index contributed by atoms with van der Waals surface area (Å²) in [5.74, 6) is 2.56. The highest BCUT2D eigenvalue weighted by Gasteiger charge is 2.34. The van der Waals surface area contributed by atoms with Gasteiger partial charge in [-0.15, -0.1) is 0 Å². The van der Waals surface area contributed by atoms with Crippen molar-refractivity contribution in [2.75, 3.05) is 36.8 Å². The Kier molecular flexibility index (Phi) is 3.88. The van der Waals surface area contributed by atoms with Crippen molar-refractivity contribution >= 4 is 27.6 Å². The molecule has 0 saturated carbocycles. The highest BCUT2D eigenvalue weighted by atomic mass is 79.9. The van der Waals surface area contributed by atoms with Gasteiger partial charge in [0.25, 0.3) is 0 Å². The Morgan fingerprint density at radius 3 is 2.68 bits per heavy atom. The lowest BCUT2D eigenvalue weighted by Gasteiger charge is -2.45. The second-order valence-corrected chi connectivity index (χ2v) is 6.10. The zero-order chi connectivity index (χ0) is 13.2. The van der Waals surface area contributed by atoms with Crippen LogP contribution in [0.25, 0.3) is 0 Å². The Bertz CT molecular complexity index is 445. The fourth-order valence-electron chi connectivity index (χ4n) is 3.07. The maximum Gasteiger partial charge on any atom is 0.146 e. The molecule has 1 aromatic rings. The highest BCUT2D eigenvalue weighted by Crippen LogP contribution is 2.32. The minimum atomic E-state index is 0.517. The van der Waals surface area contributed by atoms with E-state index in [9.17, 15) is 0 Å². The lowest BCUT2D eigenvalue weighted by atomic mass is 9.84. The molecule has 0 amide bonds. The zero-order valence-electron chi connectivity index (χ0n) is 11.2. The maximum absolute atomic E-state index is 4.37. The summed E-state index contributed by atoms with van der Waals surface area (Å²) in [6.07, 6.45) is 4.23. The van der Waals surface area contributed by atoms with Gasteiger partial charge < -0.3 is 15.5 Å². The quantitative estimate of drug-likeness (QED) is 0.888. The third kappa shape index (κ3) is 2.69. The molecule has 3 aliphatic rings. The van der Waals surface area contributed by atoms with E-state index in [-0.39, 0.29) is 0 Å². The van der Waals surface area contributed by atoms with E-state index in [1.54, 1.807) is 6.33 Å². The summed E-state index contributed by atoms with van der Waals surface area (Å²) in [6, 6.07) is 0.517. The second kappa shape index (κ2) is 5.63. The van der Waals surface area contributed by atoms with E-state index in [1.165, 1.54) is 25.9 Å². The van der Waals surface area contributed by atoms with Crippen LogP contribution in [0.3, 0.4) is 0 Å². The predicted molar refractivity (Wildman–Crippen MR) is 80.5 cm³/mol. The van der Waals surface area contributed by atoms with Crippen molar-refractivity contribution in [1.29, 1.82) is 0 Å². The standard InChI is InChI=1S/C13H20BrN5/c1-2-15-12-11(14)13(17-8-16-12)18-10-7-19-5-3-9(10)4-6-19/h8-10H,2-7H2,1H3,(H2,15,16,17,18). The third-order valence-electron chi connectivity index (χ3n) is 4.11. The molecule has 0 aliphatic carbocycles. The number of hydrogen-bond acceptors (Lipinski definition) is 5. The molecule has 0 radical (unpaired) electrons. The number of fused-ring (bicyclic) bond motifs is 3. The SMILES string of the molecule is CCNc1ncnc(NC2CN3CCC2CC3)c1Br. The van der Waals surface area contributed by atoms with Gasteiger partial charge in [-0.1, -0.05) is 0 Å². The number of nitrogens with one attached hydrogen (secondary N) is 2. The summed E-state index contributed by atoms with van der Waals surface area (Å²) in [6.45, 7) is 6.58. The molecular weight excluding hydrogens is 306 g/mol. The Balaban J connectivity index is 1.74. The lowest BCUT2D eigenvalue weighted by Crippen LogP contribution is -2.53. The van der Waals surface area contributed by atoms with E-state index in [0.717, 1.165) is 35.1 Å². The van der Waals surface area contributed by atoms with E-state index < -0.39 is 0 Å². The predicted octanol–water partition coefficient (Wildman–Crippen LogP) is 2.18. The van der Waals surface area contributed by atoms with Crippen molar-refractivity contribution in [3.8, 4) is 0 Å². The summed E-state index contributed by atoms with van der Waals surface area (Å²) in [5.41, 5.74) is 0. The van der Waals surface area contributed by atoms with Gasteiger partial charge in [0.2, 0.25) is 0 Å². The molecular formula is C13H20BrN5. The smallest absolute Gasteiger partial charge is 0.146 e. The average molecular weight is 326 g/mol. The van der Waals surface area contributed by atoms with Crippen LogP contribution in [-0.2, 0) is 0 Å². The molecule has 2 bridgehead atoms. The number of halogens is 1. The van der Waals surface area contributed by atoms with Gasteiger partial charge in [0.05, 0.1) is 0 Å². The van der Waals surface area contributed by atoms with Crippen molar-refractivity contribution in [1.82, 2.24) is 14.9 Å². The molecule has 104 valence electrons. The first-order valence-electron chi connectivity index (χ1n) is 7.01. The Morgan fingerprint density at radius 2 is 2.05 bits per heavy atom. The molecule has 0 aromatic carbocycles. The number of piperidine rings is 3. The number of hydrogen-bond donors (Lipinski definition) is 2. The normalized spacial score (nSPS) is 29.3. The molecule has 4 rings (SSSR count). The van der Waals surface area contributed by atoms with E-state index in [4.69, 9.17) is 0 Å². The molecule has 0 spiro atoms. The molecule has 2 N–H and O–H groups in total. The summed E-state index contributed by atoms with van der Waals surface area (Å²) < 4.78 is 0.938. The first-order valence-corrected chi connectivity index (χ1v) is 7.80. The summed E-state index contributed by atoms with van der Waals surface area (Å²) in [7, 11) is 0. The topological polar surface area (TPSA) is 53.1 Å². The number of nitrogens with zero attached hydrogens (tertiary/aromatic N) is 3. The first kappa shape index (κ1) is 13.1. The summed E-state index contributed by atoms with van der Waals surface area (Å²) >= 11 is 3.60. The molecule has 1 unspecified atom stereocenters. The van der Waals surface area contributed by atoms with Crippen LogP contribution in [0.1, 0.15) is 19.8 Å². The average Bonchev–Trinajstić information content (AvgIpc) is 2.45. The van der Waals surface area contributed by atoms with Crippen LogP contribution < -0.4 is 10.6 Å². The van der Waals surface area contributed by atoms with Gasteiger partial charge >= 0.3 is 0 Å². The fourth-order valence-corrected chi connectivity index (χ4v) is 3.52. The molecule has 5 nitrogen and oxygen atoms in total. The van der Waals surface area contributed by atoms with Crippen LogP contribution in [0.15, 0.2) is 10.8 Å². The molecule has 3 fully saturated rings. The van der Waals surface area contributed by atoms with Gasteiger partial charge in [0.15, 0.2) is 0 Å². The Morgan fingerprint density at radius 1 is 1.32 bits per heavy atom. The zero-order valence-corrected chi connectivity index (χ0v) is 12.8. The summed E-state index contributed by atoms with van der Waals surface area (Å²) in [4.78, 5) is 11.2. The molecule has 1 aromatic heterocycles. The van der Waals surface area contributed by atoms with Crippen LogP contribution in [0, 0.1) is 5.92 Å². The van der Waals surface area contributed by atoms with Crippen molar-refractivity contribution < 1.29 is 0 Å². The van der Waals surface area contributed by atoms with E-state index in [0.29, 0.717) is 6.04 Å². The minimum absolute atomic E-state index is 0.517. The van der Waals surface area contributed by atoms with Crippen LogP contribution in [0.2, 0.25) is 0 Å². The second-order valence-electron chi connectivity index (χ2n) is 5.30.